The molecule has 0 aliphatic rings. The molecule has 24 heavy (non-hydrogen) atoms. The minimum absolute atomic E-state index is 0.0727. The van der Waals surface area contributed by atoms with E-state index in [1.807, 2.05) is 0 Å². The second-order valence-corrected chi connectivity index (χ2v) is 5.61. The molecule has 2 rings (SSSR count). The van der Waals surface area contributed by atoms with E-state index in [2.05, 4.69) is 5.32 Å². The highest BCUT2D eigenvalue weighted by molar-refractivity contribution is 6.33. The number of hydrogen-bond acceptors (Lipinski definition) is 4. The van der Waals surface area contributed by atoms with Crippen LogP contribution in [0.1, 0.15) is 22.8 Å². The van der Waals surface area contributed by atoms with Crippen LogP contribution in [0.5, 0.6) is 0 Å². The number of ether oxygens (including phenoxy) is 1. The summed E-state index contributed by atoms with van der Waals surface area (Å²) < 4.78 is 18.6. The normalized spacial score (nSPS) is 11.7. The van der Waals surface area contributed by atoms with Crippen LogP contribution in [0, 0.1) is 12.7 Å². The van der Waals surface area contributed by atoms with E-state index in [4.69, 9.17) is 22.1 Å². The van der Waals surface area contributed by atoms with E-state index in [1.54, 1.807) is 19.1 Å². The van der Waals surface area contributed by atoms with Gasteiger partial charge in [-0.15, -0.1) is 0 Å². The Morgan fingerprint density at radius 3 is 2.67 bits per heavy atom. The van der Waals surface area contributed by atoms with Crippen LogP contribution < -0.4 is 11.1 Å². The lowest BCUT2D eigenvalue weighted by Crippen LogP contribution is -2.30. The maximum atomic E-state index is 13.5. The van der Waals surface area contributed by atoms with Crippen molar-refractivity contribution < 1.29 is 18.7 Å². The number of rotatable bonds is 4. The number of aryl methyl sites for hydroxylation is 1. The summed E-state index contributed by atoms with van der Waals surface area (Å²) in [6.07, 6.45) is -1.10. The van der Waals surface area contributed by atoms with E-state index in [1.165, 1.54) is 31.2 Å². The molecule has 126 valence electrons. The zero-order valence-electron chi connectivity index (χ0n) is 13.1. The lowest BCUT2D eigenvalue weighted by molar-refractivity contribution is -0.123. The number of amides is 1. The highest BCUT2D eigenvalue weighted by atomic mass is 35.5. The van der Waals surface area contributed by atoms with Crippen molar-refractivity contribution in [1.82, 2.24) is 0 Å². The van der Waals surface area contributed by atoms with Gasteiger partial charge >= 0.3 is 5.97 Å². The molecule has 0 aromatic heterocycles. The molecule has 5 nitrogen and oxygen atoms in total. The van der Waals surface area contributed by atoms with Gasteiger partial charge in [0.2, 0.25) is 0 Å². The minimum Gasteiger partial charge on any atom is -0.449 e. The van der Waals surface area contributed by atoms with Crippen molar-refractivity contribution in [3.05, 3.63) is 58.4 Å². The van der Waals surface area contributed by atoms with Crippen LogP contribution in [0.3, 0.4) is 0 Å². The Balaban J connectivity index is 2.04. The zero-order valence-corrected chi connectivity index (χ0v) is 13.9. The summed E-state index contributed by atoms with van der Waals surface area (Å²) in [5.74, 6) is -1.80. The quantitative estimate of drug-likeness (QED) is 0.652. The Labute approximate surface area is 143 Å². The number of halogens is 2. The molecule has 0 fully saturated rings. The highest BCUT2D eigenvalue weighted by Gasteiger charge is 2.21. The molecule has 0 saturated carbocycles. The molecule has 0 heterocycles. The van der Waals surface area contributed by atoms with Crippen LogP contribution in [-0.2, 0) is 9.53 Å². The number of nitrogens with two attached hydrogens (primary N) is 1. The fourth-order valence-electron chi connectivity index (χ4n) is 1.91. The molecule has 3 N–H and O–H groups in total. The number of nitrogens with one attached hydrogen (secondary N) is 1. The van der Waals surface area contributed by atoms with Gasteiger partial charge in [0.1, 0.15) is 5.82 Å². The van der Waals surface area contributed by atoms with Crippen molar-refractivity contribution >= 4 is 34.9 Å². The first-order valence-electron chi connectivity index (χ1n) is 7.11. The van der Waals surface area contributed by atoms with Crippen LogP contribution in [0.2, 0.25) is 5.02 Å². The molecular formula is C17H16ClFN2O3. The average Bonchev–Trinajstić information content (AvgIpc) is 2.53. The summed E-state index contributed by atoms with van der Waals surface area (Å²) in [6.45, 7) is 3.01. The molecule has 1 amide bonds. The van der Waals surface area contributed by atoms with Gasteiger partial charge in [0.25, 0.3) is 5.91 Å². The van der Waals surface area contributed by atoms with Gasteiger partial charge in [0.05, 0.1) is 16.3 Å². The lowest BCUT2D eigenvalue weighted by Gasteiger charge is -2.15. The van der Waals surface area contributed by atoms with Gasteiger partial charge in [0.15, 0.2) is 6.10 Å². The summed E-state index contributed by atoms with van der Waals surface area (Å²) in [4.78, 5) is 24.1. The Hall–Kier alpha value is -2.60. The number of esters is 1. The Morgan fingerprint density at radius 2 is 2.00 bits per heavy atom. The van der Waals surface area contributed by atoms with Gasteiger partial charge in [-0.1, -0.05) is 23.7 Å². The Morgan fingerprint density at radius 1 is 1.29 bits per heavy atom. The standard InChI is InChI=1S/C17H16ClFN2O3/c1-9-6-7-11(8-14(9)19)21-16(22)10(2)24-17(23)12-4-3-5-13(18)15(12)20/h3-8,10H,20H2,1-2H3,(H,21,22). The molecule has 1 unspecified atom stereocenters. The maximum absolute atomic E-state index is 13.5. The third kappa shape index (κ3) is 4.02. The number of benzene rings is 2. The van der Waals surface area contributed by atoms with E-state index < -0.39 is 23.8 Å². The van der Waals surface area contributed by atoms with Crippen molar-refractivity contribution in [2.45, 2.75) is 20.0 Å². The summed E-state index contributed by atoms with van der Waals surface area (Å²) in [6, 6.07) is 8.82. The fourth-order valence-corrected chi connectivity index (χ4v) is 2.08. The molecular weight excluding hydrogens is 335 g/mol. The van der Waals surface area contributed by atoms with Crippen molar-refractivity contribution in [2.24, 2.45) is 0 Å². The van der Waals surface area contributed by atoms with Crippen LogP contribution in [-0.4, -0.2) is 18.0 Å². The van der Waals surface area contributed by atoms with Crippen molar-refractivity contribution in [3.63, 3.8) is 0 Å². The fraction of sp³-hybridized carbons (Fsp3) is 0.176. The topological polar surface area (TPSA) is 81.4 Å². The van der Waals surface area contributed by atoms with Gasteiger partial charge in [-0.25, -0.2) is 9.18 Å². The van der Waals surface area contributed by atoms with E-state index in [-0.39, 0.29) is 22.0 Å². The molecule has 2 aromatic carbocycles. The summed E-state index contributed by atoms with van der Waals surface area (Å²) in [5, 5.41) is 2.70. The van der Waals surface area contributed by atoms with Crippen LogP contribution in [0.4, 0.5) is 15.8 Å². The maximum Gasteiger partial charge on any atom is 0.341 e. The molecule has 0 radical (unpaired) electrons. The van der Waals surface area contributed by atoms with Gasteiger partial charge in [-0.2, -0.15) is 0 Å². The van der Waals surface area contributed by atoms with Gasteiger partial charge in [-0.05, 0) is 43.7 Å². The van der Waals surface area contributed by atoms with Gasteiger partial charge in [0, 0.05) is 5.69 Å². The average molecular weight is 351 g/mol. The van der Waals surface area contributed by atoms with E-state index >= 15 is 0 Å². The first-order chi connectivity index (χ1) is 11.3. The highest BCUT2D eigenvalue weighted by Crippen LogP contribution is 2.23. The summed E-state index contributed by atoms with van der Waals surface area (Å²) >= 11 is 5.84. The predicted molar refractivity (Wildman–Crippen MR) is 90.5 cm³/mol. The number of nitrogen functional groups attached to an aromatic ring is 1. The Kier molecular flexibility index (Phi) is 5.41. The number of para-hydroxylation sites is 1. The van der Waals surface area contributed by atoms with Gasteiger partial charge in [-0.3, -0.25) is 4.79 Å². The Bertz CT molecular complexity index is 795. The summed E-state index contributed by atoms with van der Waals surface area (Å²) in [5.41, 5.74) is 6.60. The second-order valence-electron chi connectivity index (χ2n) is 5.20. The van der Waals surface area contributed by atoms with E-state index in [9.17, 15) is 14.0 Å². The monoisotopic (exact) mass is 350 g/mol. The molecule has 0 spiro atoms. The second kappa shape index (κ2) is 7.31. The van der Waals surface area contributed by atoms with Crippen molar-refractivity contribution in [1.29, 1.82) is 0 Å². The smallest absolute Gasteiger partial charge is 0.341 e. The van der Waals surface area contributed by atoms with Crippen LogP contribution in [0.25, 0.3) is 0 Å². The molecule has 7 heteroatoms. The largest absolute Gasteiger partial charge is 0.449 e. The number of hydrogen-bond donors (Lipinski definition) is 2. The first-order valence-corrected chi connectivity index (χ1v) is 7.49. The third-order valence-corrected chi connectivity index (χ3v) is 3.69. The van der Waals surface area contributed by atoms with Crippen molar-refractivity contribution in [2.75, 3.05) is 11.1 Å². The number of carbonyl (C=O) groups excluding carboxylic acids is 2. The molecule has 0 saturated heterocycles. The van der Waals surface area contributed by atoms with Crippen LogP contribution >= 0.6 is 11.6 Å². The number of anilines is 2. The first kappa shape index (κ1) is 17.7. The van der Waals surface area contributed by atoms with E-state index in [0.29, 0.717) is 5.56 Å². The number of carbonyl (C=O) groups is 2. The SMILES string of the molecule is Cc1ccc(NC(=O)C(C)OC(=O)c2cccc(Cl)c2N)cc1F. The molecule has 0 bridgehead atoms. The van der Waals surface area contributed by atoms with Crippen molar-refractivity contribution in [3.8, 4) is 0 Å². The van der Waals surface area contributed by atoms with Gasteiger partial charge < -0.3 is 15.8 Å². The van der Waals surface area contributed by atoms with E-state index in [0.717, 1.165) is 0 Å². The minimum atomic E-state index is -1.10. The molecule has 0 aliphatic carbocycles. The third-order valence-electron chi connectivity index (χ3n) is 3.37. The zero-order chi connectivity index (χ0) is 17.9. The summed E-state index contributed by atoms with van der Waals surface area (Å²) in [7, 11) is 0. The predicted octanol–water partition coefficient (Wildman–Crippen LogP) is 3.55. The lowest BCUT2D eigenvalue weighted by atomic mass is 10.2. The molecule has 1 atom stereocenters. The van der Waals surface area contributed by atoms with Crippen LogP contribution in [0.15, 0.2) is 36.4 Å². The molecule has 2 aromatic rings. The molecule has 0 aliphatic heterocycles.